The Morgan fingerprint density at radius 2 is 2.21 bits per heavy atom. The molecule has 0 unspecified atom stereocenters. The first-order chi connectivity index (χ1) is 6.83. The van der Waals surface area contributed by atoms with Crippen LogP contribution in [0.4, 0.5) is 0 Å². The number of aromatic hydroxyl groups is 1. The van der Waals surface area contributed by atoms with Crippen LogP contribution in [-0.2, 0) is 0 Å². The van der Waals surface area contributed by atoms with Crippen molar-refractivity contribution < 1.29 is 9.84 Å². The minimum Gasteiger partial charge on any atom is -0.493 e. The summed E-state index contributed by atoms with van der Waals surface area (Å²) in [5.74, 6) is 0.571. The highest BCUT2D eigenvalue weighted by atomic mass is 16.5. The lowest BCUT2D eigenvalue weighted by molar-refractivity contribution is 0.342. The zero-order valence-corrected chi connectivity index (χ0v) is 7.77. The molecule has 0 aliphatic rings. The van der Waals surface area contributed by atoms with Crippen LogP contribution in [0, 0.1) is 0 Å². The van der Waals surface area contributed by atoms with Crippen molar-refractivity contribution in [3.63, 3.8) is 0 Å². The van der Waals surface area contributed by atoms with Crippen molar-refractivity contribution in [3.05, 3.63) is 24.5 Å². The van der Waals surface area contributed by atoms with Gasteiger partial charge < -0.3 is 9.84 Å². The number of ether oxygens (including phenoxy) is 1. The predicted octanol–water partition coefficient (Wildman–Crippen LogP) is 1.73. The van der Waals surface area contributed by atoms with E-state index in [4.69, 9.17) is 4.74 Å². The quantitative estimate of drug-likeness (QED) is 0.783. The SMILES string of the molecule is CCOc1cccc2ncnc(O)c12. The van der Waals surface area contributed by atoms with Crippen LogP contribution in [0.2, 0.25) is 0 Å². The second-order valence-corrected chi connectivity index (χ2v) is 2.78. The predicted molar refractivity (Wildman–Crippen MR) is 52.4 cm³/mol. The molecule has 0 aliphatic heterocycles. The molecular formula is C10H10N2O2. The van der Waals surface area contributed by atoms with Crippen LogP contribution in [0.15, 0.2) is 24.5 Å². The van der Waals surface area contributed by atoms with Crippen molar-refractivity contribution in [2.45, 2.75) is 6.92 Å². The van der Waals surface area contributed by atoms with Gasteiger partial charge in [-0.1, -0.05) is 6.07 Å². The fraction of sp³-hybridized carbons (Fsp3) is 0.200. The van der Waals surface area contributed by atoms with Crippen LogP contribution < -0.4 is 4.74 Å². The molecule has 0 saturated heterocycles. The van der Waals surface area contributed by atoms with Gasteiger partial charge in [-0.05, 0) is 19.1 Å². The van der Waals surface area contributed by atoms with Gasteiger partial charge in [-0.3, -0.25) is 0 Å². The first kappa shape index (κ1) is 8.74. The summed E-state index contributed by atoms with van der Waals surface area (Å²) in [4.78, 5) is 7.75. The number of hydrogen-bond donors (Lipinski definition) is 1. The number of aromatic nitrogens is 2. The van der Waals surface area contributed by atoms with E-state index in [1.54, 1.807) is 12.1 Å². The maximum atomic E-state index is 9.55. The molecule has 0 spiro atoms. The molecule has 0 fully saturated rings. The van der Waals surface area contributed by atoms with Gasteiger partial charge in [0.05, 0.1) is 12.1 Å². The van der Waals surface area contributed by atoms with Crippen LogP contribution >= 0.6 is 0 Å². The second-order valence-electron chi connectivity index (χ2n) is 2.78. The zero-order valence-electron chi connectivity index (χ0n) is 7.77. The molecule has 0 amide bonds. The summed E-state index contributed by atoms with van der Waals surface area (Å²) in [5.41, 5.74) is 0.684. The molecule has 2 aromatic rings. The van der Waals surface area contributed by atoms with Crippen molar-refractivity contribution in [1.29, 1.82) is 0 Å². The van der Waals surface area contributed by atoms with E-state index in [1.165, 1.54) is 6.33 Å². The van der Waals surface area contributed by atoms with E-state index in [2.05, 4.69) is 9.97 Å². The third kappa shape index (κ3) is 1.35. The van der Waals surface area contributed by atoms with Crippen molar-refractivity contribution >= 4 is 10.9 Å². The van der Waals surface area contributed by atoms with Gasteiger partial charge in [0.1, 0.15) is 17.5 Å². The van der Waals surface area contributed by atoms with Crippen LogP contribution in [0.3, 0.4) is 0 Å². The molecule has 1 N–H and O–H groups in total. The van der Waals surface area contributed by atoms with Gasteiger partial charge in [-0.15, -0.1) is 0 Å². The van der Waals surface area contributed by atoms with Crippen molar-refractivity contribution in [2.75, 3.05) is 6.61 Å². The summed E-state index contributed by atoms with van der Waals surface area (Å²) in [5, 5.41) is 10.1. The molecule has 0 radical (unpaired) electrons. The Hall–Kier alpha value is -1.84. The van der Waals surface area contributed by atoms with Gasteiger partial charge in [0.25, 0.3) is 0 Å². The Bertz CT molecular complexity index is 452. The number of nitrogens with zero attached hydrogens (tertiary/aromatic N) is 2. The molecule has 14 heavy (non-hydrogen) atoms. The second kappa shape index (κ2) is 3.49. The highest BCUT2D eigenvalue weighted by molar-refractivity contribution is 5.89. The normalized spacial score (nSPS) is 10.4. The molecule has 0 atom stereocenters. The first-order valence-corrected chi connectivity index (χ1v) is 4.38. The highest BCUT2D eigenvalue weighted by Gasteiger charge is 2.07. The third-order valence-corrected chi connectivity index (χ3v) is 1.90. The largest absolute Gasteiger partial charge is 0.493 e. The van der Waals surface area contributed by atoms with Crippen LogP contribution in [0.25, 0.3) is 10.9 Å². The molecule has 0 bridgehead atoms. The number of rotatable bonds is 2. The van der Waals surface area contributed by atoms with E-state index in [9.17, 15) is 5.11 Å². The molecule has 0 saturated carbocycles. The first-order valence-electron chi connectivity index (χ1n) is 4.38. The van der Waals surface area contributed by atoms with E-state index in [0.717, 1.165) is 0 Å². The van der Waals surface area contributed by atoms with E-state index < -0.39 is 0 Å². The molecule has 0 aliphatic carbocycles. The van der Waals surface area contributed by atoms with Gasteiger partial charge in [0.2, 0.25) is 5.88 Å². The fourth-order valence-electron chi connectivity index (χ4n) is 1.34. The lowest BCUT2D eigenvalue weighted by Crippen LogP contribution is -1.93. The Morgan fingerprint density at radius 1 is 1.36 bits per heavy atom. The average Bonchev–Trinajstić information content (AvgIpc) is 2.19. The lowest BCUT2D eigenvalue weighted by atomic mass is 10.2. The molecule has 2 rings (SSSR count). The maximum absolute atomic E-state index is 9.55. The van der Waals surface area contributed by atoms with Gasteiger partial charge >= 0.3 is 0 Å². The van der Waals surface area contributed by atoms with Gasteiger partial charge in [-0.25, -0.2) is 9.97 Å². The van der Waals surface area contributed by atoms with Crippen molar-refractivity contribution in [2.24, 2.45) is 0 Å². The zero-order chi connectivity index (χ0) is 9.97. The Morgan fingerprint density at radius 3 is 3.00 bits per heavy atom. The summed E-state index contributed by atoms with van der Waals surface area (Å²) in [6.45, 7) is 2.44. The topological polar surface area (TPSA) is 55.2 Å². The standard InChI is InChI=1S/C10H10N2O2/c1-2-14-8-5-3-4-7-9(8)10(13)12-6-11-7/h3-6H,2H2,1H3,(H,11,12,13). The number of fused-ring (bicyclic) bond motifs is 1. The molecular weight excluding hydrogens is 180 g/mol. The van der Waals surface area contributed by atoms with Crippen LogP contribution in [0.5, 0.6) is 11.6 Å². The third-order valence-electron chi connectivity index (χ3n) is 1.90. The van der Waals surface area contributed by atoms with Crippen LogP contribution in [-0.4, -0.2) is 21.7 Å². The molecule has 4 heteroatoms. The molecule has 4 nitrogen and oxygen atoms in total. The summed E-state index contributed by atoms with van der Waals surface area (Å²) in [6, 6.07) is 5.42. The van der Waals surface area contributed by atoms with E-state index in [1.807, 2.05) is 13.0 Å². The fourth-order valence-corrected chi connectivity index (χ4v) is 1.34. The maximum Gasteiger partial charge on any atom is 0.225 e. The van der Waals surface area contributed by atoms with Gasteiger partial charge in [0.15, 0.2) is 0 Å². The summed E-state index contributed by atoms with van der Waals surface area (Å²) < 4.78 is 5.36. The van der Waals surface area contributed by atoms with E-state index in [-0.39, 0.29) is 5.88 Å². The monoisotopic (exact) mass is 190 g/mol. The molecule has 1 aromatic heterocycles. The van der Waals surface area contributed by atoms with Crippen LogP contribution in [0.1, 0.15) is 6.92 Å². The Kier molecular flexibility index (Phi) is 2.18. The molecule has 72 valence electrons. The average molecular weight is 190 g/mol. The Balaban J connectivity index is 2.71. The number of benzene rings is 1. The van der Waals surface area contributed by atoms with Gasteiger partial charge in [0, 0.05) is 0 Å². The van der Waals surface area contributed by atoms with Gasteiger partial charge in [-0.2, -0.15) is 0 Å². The molecule has 1 heterocycles. The van der Waals surface area contributed by atoms with E-state index in [0.29, 0.717) is 23.3 Å². The lowest BCUT2D eigenvalue weighted by Gasteiger charge is -2.06. The summed E-state index contributed by atoms with van der Waals surface area (Å²) in [7, 11) is 0. The highest BCUT2D eigenvalue weighted by Crippen LogP contribution is 2.29. The summed E-state index contributed by atoms with van der Waals surface area (Å²) in [6.07, 6.45) is 1.33. The summed E-state index contributed by atoms with van der Waals surface area (Å²) >= 11 is 0. The minimum absolute atomic E-state index is 0.0425. The van der Waals surface area contributed by atoms with Crippen molar-refractivity contribution in [3.8, 4) is 11.6 Å². The van der Waals surface area contributed by atoms with Crippen molar-refractivity contribution in [1.82, 2.24) is 9.97 Å². The minimum atomic E-state index is -0.0425. The smallest absolute Gasteiger partial charge is 0.225 e. The Labute approximate surface area is 81.2 Å². The number of hydrogen-bond acceptors (Lipinski definition) is 4. The van der Waals surface area contributed by atoms with E-state index >= 15 is 0 Å². The molecule has 1 aromatic carbocycles.